The molecule has 0 aliphatic carbocycles. The van der Waals surface area contributed by atoms with Gasteiger partial charge in [0.15, 0.2) is 0 Å². The van der Waals surface area contributed by atoms with Crippen LogP contribution >= 0.6 is 0 Å². The van der Waals surface area contributed by atoms with Gasteiger partial charge in [-0.05, 0) is 30.2 Å². The number of benzene rings is 1. The van der Waals surface area contributed by atoms with Crippen LogP contribution in [0.15, 0.2) is 24.3 Å². The number of nitrogen functional groups attached to an aromatic ring is 1. The van der Waals surface area contributed by atoms with E-state index in [1.54, 1.807) is 24.3 Å². The summed E-state index contributed by atoms with van der Waals surface area (Å²) in [5.74, 6) is -0.139. The van der Waals surface area contributed by atoms with E-state index in [0.29, 0.717) is 11.4 Å². The fourth-order valence-electron chi connectivity index (χ4n) is 1.82. The van der Waals surface area contributed by atoms with E-state index in [4.69, 9.17) is 5.73 Å². The maximum absolute atomic E-state index is 12.1. The van der Waals surface area contributed by atoms with E-state index in [-0.39, 0.29) is 17.9 Å². The average Bonchev–Trinajstić information content (AvgIpc) is 2.56. The third-order valence-corrected chi connectivity index (χ3v) is 2.79. The van der Waals surface area contributed by atoms with Crippen LogP contribution in [0.3, 0.4) is 0 Å². The van der Waals surface area contributed by atoms with Crippen LogP contribution in [0.25, 0.3) is 0 Å². The molecule has 0 spiro atoms. The number of imide groups is 1. The number of nitrogens with one attached hydrogen (secondary N) is 1. The minimum absolute atomic E-state index is 0.0743. The van der Waals surface area contributed by atoms with Crippen LogP contribution in [0.1, 0.15) is 13.8 Å². The SMILES string of the molecule is CC(C)[C@H]1NC(=O)N(c2ccc(N)cc2)C1=O. The molecule has 2 rings (SSSR count). The van der Waals surface area contributed by atoms with Crippen LogP contribution in [0.2, 0.25) is 0 Å². The number of anilines is 2. The molecule has 1 heterocycles. The predicted molar refractivity (Wildman–Crippen MR) is 65.5 cm³/mol. The molecule has 0 radical (unpaired) electrons. The average molecular weight is 233 g/mol. The third kappa shape index (κ3) is 1.95. The molecule has 0 aromatic heterocycles. The molecule has 1 saturated heterocycles. The van der Waals surface area contributed by atoms with Gasteiger partial charge in [-0.15, -0.1) is 0 Å². The molecule has 0 unspecified atom stereocenters. The smallest absolute Gasteiger partial charge is 0.329 e. The maximum atomic E-state index is 12.1. The maximum Gasteiger partial charge on any atom is 0.329 e. The van der Waals surface area contributed by atoms with E-state index in [1.807, 2.05) is 13.8 Å². The second-order valence-corrected chi connectivity index (χ2v) is 4.44. The van der Waals surface area contributed by atoms with Crippen LogP contribution in [0.5, 0.6) is 0 Å². The molecular formula is C12H15N3O2. The van der Waals surface area contributed by atoms with Crippen molar-refractivity contribution in [3.8, 4) is 0 Å². The first-order valence-electron chi connectivity index (χ1n) is 5.50. The van der Waals surface area contributed by atoms with Crippen molar-refractivity contribution in [2.45, 2.75) is 19.9 Å². The lowest BCUT2D eigenvalue weighted by Crippen LogP contribution is -2.34. The van der Waals surface area contributed by atoms with Gasteiger partial charge in [-0.25, -0.2) is 9.69 Å². The second kappa shape index (κ2) is 4.08. The Morgan fingerprint density at radius 2 is 1.82 bits per heavy atom. The molecule has 1 aliphatic heterocycles. The van der Waals surface area contributed by atoms with Gasteiger partial charge in [-0.1, -0.05) is 13.8 Å². The number of rotatable bonds is 2. The van der Waals surface area contributed by atoms with Gasteiger partial charge in [0, 0.05) is 5.69 Å². The zero-order valence-electron chi connectivity index (χ0n) is 9.81. The summed E-state index contributed by atoms with van der Waals surface area (Å²) < 4.78 is 0. The predicted octanol–water partition coefficient (Wildman–Crippen LogP) is 1.35. The molecule has 1 atom stereocenters. The Balaban J connectivity index is 2.30. The summed E-state index contributed by atoms with van der Waals surface area (Å²) in [6, 6.07) is 5.83. The van der Waals surface area contributed by atoms with Crippen molar-refractivity contribution in [3.05, 3.63) is 24.3 Å². The van der Waals surface area contributed by atoms with E-state index in [1.165, 1.54) is 0 Å². The molecule has 17 heavy (non-hydrogen) atoms. The lowest BCUT2D eigenvalue weighted by atomic mass is 10.0. The minimum atomic E-state index is -0.444. The highest BCUT2D eigenvalue weighted by atomic mass is 16.2. The molecule has 1 fully saturated rings. The van der Waals surface area contributed by atoms with Crippen LogP contribution in [-0.4, -0.2) is 18.0 Å². The molecular weight excluding hydrogens is 218 g/mol. The van der Waals surface area contributed by atoms with Gasteiger partial charge in [0.2, 0.25) is 0 Å². The Hall–Kier alpha value is -2.04. The Bertz CT molecular complexity index is 453. The van der Waals surface area contributed by atoms with Gasteiger partial charge in [-0.2, -0.15) is 0 Å². The number of nitrogens with two attached hydrogens (primary N) is 1. The number of nitrogens with zero attached hydrogens (tertiary/aromatic N) is 1. The van der Waals surface area contributed by atoms with Gasteiger partial charge in [0.1, 0.15) is 6.04 Å². The highest BCUT2D eigenvalue weighted by Crippen LogP contribution is 2.22. The monoisotopic (exact) mass is 233 g/mol. The third-order valence-electron chi connectivity index (χ3n) is 2.79. The van der Waals surface area contributed by atoms with Gasteiger partial charge >= 0.3 is 6.03 Å². The quantitative estimate of drug-likeness (QED) is 0.598. The van der Waals surface area contributed by atoms with Crippen molar-refractivity contribution in [2.75, 3.05) is 10.6 Å². The Labute approximate surface area is 99.6 Å². The number of amides is 3. The second-order valence-electron chi connectivity index (χ2n) is 4.44. The van der Waals surface area contributed by atoms with Gasteiger partial charge in [-0.3, -0.25) is 4.79 Å². The standard InChI is InChI=1S/C12H15N3O2/c1-7(2)10-11(16)15(12(17)14-10)9-5-3-8(13)4-6-9/h3-7,10H,13H2,1-2H3,(H,14,17)/t10-/m1/s1. The highest BCUT2D eigenvalue weighted by Gasteiger charge is 2.40. The first-order valence-corrected chi connectivity index (χ1v) is 5.50. The Morgan fingerprint density at radius 3 is 2.29 bits per heavy atom. The van der Waals surface area contributed by atoms with Crippen molar-refractivity contribution in [3.63, 3.8) is 0 Å². The first kappa shape index (κ1) is 11.4. The van der Waals surface area contributed by atoms with E-state index in [2.05, 4.69) is 5.32 Å². The molecule has 1 aromatic carbocycles. The number of hydrogen-bond acceptors (Lipinski definition) is 3. The highest BCUT2D eigenvalue weighted by molar-refractivity contribution is 6.21. The largest absolute Gasteiger partial charge is 0.399 e. The van der Waals surface area contributed by atoms with Crippen molar-refractivity contribution < 1.29 is 9.59 Å². The summed E-state index contributed by atoms with van der Waals surface area (Å²) in [4.78, 5) is 25.0. The van der Waals surface area contributed by atoms with Crippen molar-refractivity contribution in [2.24, 2.45) is 5.92 Å². The lowest BCUT2D eigenvalue weighted by Gasteiger charge is -2.14. The molecule has 1 aromatic rings. The Morgan fingerprint density at radius 1 is 1.24 bits per heavy atom. The molecule has 0 bridgehead atoms. The molecule has 90 valence electrons. The summed E-state index contributed by atoms with van der Waals surface area (Å²) in [5.41, 5.74) is 6.71. The molecule has 1 aliphatic rings. The summed E-state index contributed by atoms with van der Waals surface area (Å²) in [6.45, 7) is 3.80. The lowest BCUT2D eigenvalue weighted by molar-refractivity contribution is -0.119. The Kier molecular flexibility index (Phi) is 2.75. The summed E-state index contributed by atoms with van der Waals surface area (Å²) in [7, 11) is 0. The number of urea groups is 1. The van der Waals surface area contributed by atoms with Gasteiger partial charge < -0.3 is 11.1 Å². The summed E-state index contributed by atoms with van der Waals surface area (Å²) in [5, 5.41) is 2.67. The summed E-state index contributed by atoms with van der Waals surface area (Å²) in [6.07, 6.45) is 0. The van der Waals surface area contributed by atoms with E-state index < -0.39 is 6.04 Å². The number of carbonyl (C=O) groups is 2. The fraction of sp³-hybridized carbons (Fsp3) is 0.333. The van der Waals surface area contributed by atoms with Crippen molar-refractivity contribution in [1.82, 2.24) is 5.32 Å². The normalized spacial score (nSPS) is 19.9. The van der Waals surface area contributed by atoms with Crippen LogP contribution in [0.4, 0.5) is 16.2 Å². The van der Waals surface area contributed by atoms with E-state index in [0.717, 1.165) is 4.90 Å². The van der Waals surface area contributed by atoms with E-state index in [9.17, 15) is 9.59 Å². The zero-order chi connectivity index (χ0) is 12.6. The van der Waals surface area contributed by atoms with Crippen LogP contribution < -0.4 is 16.0 Å². The summed E-state index contributed by atoms with van der Waals surface area (Å²) >= 11 is 0. The number of hydrogen-bond donors (Lipinski definition) is 2. The zero-order valence-corrected chi connectivity index (χ0v) is 9.81. The van der Waals surface area contributed by atoms with Gasteiger partial charge in [0.25, 0.3) is 5.91 Å². The number of carbonyl (C=O) groups excluding carboxylic acids is 2. The van der Waals surface area contributed by atoms with Crippen molar-refractivity contribution in [1.29, 1.82) is 0 Å². The topological polar surface area (TPSA) is 75.4 Å². The molecule has 3 N–H and O–H groups in total. The molecule has 0 saturated carbocycles. The van der Waals surface area contributed by atoms with Crippen LogP contribution in [0, 0.1) is 5.92 Å². The molecule has 5 heteroatoms. The van der Waals surface area contributed by atoms with Crippen molar-refractivity contribution >= 4 is 23.3 Å². The van der Waals surface area contributed by atoms with Crippen LogP contribution in [-0.2, 0) is 4.79 Å². The first-order chi connectivity index (χ1) is 8.00. The fourth-order valence-corrected chi connectivity index (χ4v) is 1.82. The van der Waals surface area contributed by atoms with E-state index >= 15 is 0 Å². The minimum Gasteiger partial charge on any atom is -0.399 e. The molecule has 5 nitrogen and oxygen atoms in total. The molecule has 3 amide bonds. The van der Waals surface area contributed by atoms with Gasteiger partial charge in [0.05, 0.1) is 5.69 Å².